The highest BCUT2D eigenvalue weighted by atomic mass is 32.2. The van der Waals surface area contributed by atoms with E-state index in [1.54, 1.807) is 24.3 Å². The molecule has 1 heterocycles. The first-order valence-corrected chi connectivity index (χ1v) is 11.9. The molecule has 0 saturated heterocycles. The Morgan fingerprint density at radius 1 is 1.03 bits per heavy atom. The van der Waals surface area contributed by atoms with Crippen LogP contribution in [-0.4, -0.2) is 14.3 Å². The van der Waals surface area contributed by atoms with Crippen LogP contribution in [0, 0.1) is 6.92 Å². The van der Waals surface area contributed by atoms with E-state index in [2.05, 4.69) is 16.1 Å². The molecule has 1 fully saturated rings. The molecule has 0 bridgehead atoms. The van der Waals surface area contributed by atoms with E-state index in [-0.39, 0.29) is 17.3 Å². The summed E-state index contributed by atoms with van der Waals surface area (Å²) < 4.78 is 33.1. The molecule has 0 atom stereocenters. The molecule has 0 spiro atoms. The van der Waals surface area contributed by atoms with Gasteiger partial charge in [-0.1, -0.05) is 48.7 Å². The van der Waals surface area contributed by atoms with Gasteiger partial charge in [0.2, 0.25) is 15.9 Å². The fourth-order valence-corrected chi connectivity index (χ4v) is 5.26. The van der Waals surface area contributed by atoms with Gasteiger partial charge < -0.3 is 9.73 Å². The second-order valence-corrected chi connectivity index (χ2v) is 9.81. The fraction of sp³-hybridized carbons (Fsp3) is 0.292. The van der Waals surface area contributed by atoms with Crippen LogP contribution in [0.5, 0.6) is 0 Å². The number of carbonyl (C=O) groups is 1. The van der Waals surface area contributed by atoms with Crippen LogP contribution < -0.4 is 10.0 Å². The van der Waals surface area contributed by atoms with Crippen molar-refractivity contribution in [2.75, 3.05) is 5.32 Å². The van der Waals surface area contributed by atoms with Crippen LogP contribution in [-0.2, 0) is 26.8 Å². The molecular weight excluding hydrogens is 412 g/mol. The highest BCUT2D eigenvalue weighted by Crippen LogP contribution is 2.42. The minimum Gasteiger partial charge on any atom is -0.468 e. The van der Waals surface area contributed by atoms with Crippen molar-refractivity contribution < 1.29 is 17.6 Å². The van der Waals surface area contributed by atoms with Crippen molar-refractivity contribution in [2.24, 2.45) is 0 Å². The zero-order valence-corrected chi connectivity index (χ0v) is 18.2. The highest BCUT2D eigenvalue weighted by Gasteiger charge is 2.42. The second kappa shape index (κ2) is 8.69. The number of hydrogen-bond donors (Lipinski definition) is 2. The van der Waals surface area contributed by atoms with Gasteiger partial charge >= 0.3 is 0 Å². The molecule has 4 rings (SSSR count). The van der Waals surface area contributed by atoms with Crippen LogP contribution in [0.4, 0.5) is 5.69 Å². The molecule has 0 aliphatic heterocycles. The third-order valence-corrected chi connectivity index (χ3v) is 7.28. The summed E-state index contributed by atoms with van der Waals surface area (Å²) in [5.74, 6) is 0.433. The lowest BCUT2D eigenvalue weighted by atomic mass is 9.77. The first-order valence-electron chi connectivity index (χ1n) is 10.4. The third-order valence-electron chi connectivity index (χ3n) is 5.88. The van der Waals surface area contributed by atoms with Crippen LogP contribution in [0.3, 0.4) is 0 Å². The molecule has 1 amide bonds. The van der Waals surface area contributed by atoms with Crippen molar-refractivity contribution >= 4 is 21.6 Å². The first-order chi connectivity index (χ1) is 14.9. The summed E-state index contributed by atoms with van der Waals surface area (Å²) in [6.45, 7) is 2.08. The minimum atomic E-state index is -3.75. The largest absolute Gasteiger partial charge is 0.468 e. The van der Waals surface area contributed by atoms with Crippen molar-refractivity contribution in [2.45, 2.75) is 49.5 Å². The average molecular weight is 439 g/mol. The molecule has 2 N–H and O–H groups in total. The van der Waals surface area contributed by atoms with Gasteiger partial charge in [0, 0.05) is 5.69 Å². The summed E-state index contributed by atoms with van der Waals surface area (Å²) in [5.41, 5.74) is 2.02. The van der Waals surface area contributed by atoms with Gasteiger partial charge in [-0.3, -0.25) is 4.79 Å². The van der Waals surface area contributed by atoms with Gasteiger partial charge in [0.25, 0.3) is 0 Å². The van der Waals surface area contributed by atoms with Crippen molar-refractivity contribution in [3.8, 4) is 0 Å². The van der Waals surface area contributed by atoms with Crippen LogP contribution >= 0.6 is 0 Å². The molecule has 6 nitrogen and oxygen atoms in total. The van der Waals surface area contributed by atoms with Gasteiger partial charge in [0.15, 0.2) is 0 Å². The minimum absolute atomic E-state index is 0.0579. The molecule has 1 saturated carbocycles. The van der Waals surface area contributed by atoms with E-state index in [1.165, 1.54) is 18.4 Å². The van der Waals surface area contributed by atoms with Crippen molar-refractivity contribution in [1.29, 1.82) is 0 Å². The molecule has 7 heteroatoms. The van der Waals surface area contributed by atoms with Crippen molar-refractivity contribution in [3.63, 3.8) is 0 Å². The Hall–Kier alpha value is -2.90. The fourth-order valence-electron chi connectivity index (χ4n) is 4.22. The van der Waals surface area contributed by atoms with E-state index in [4.69, 9.17) is 4.42 Å². The maximum Gasteiger partial charge on any atom is 0.241 e. The number of nitrogens with one attached hydrogen (secondary N) is 2. The summed E-state index contributed by atoms with van der Waals surface area (Å²) in [7, 11) is -3.75. The number of hydrogen-bond acceptors (Lipinski definition) is 4. The number of aryl methyl sites for hydroxylation is 1. The van der Waals surface area contributed by atoms with E-state index < -0.39 is 15.4 Å². The summed E-state index contributed by atoms with van der Waals surface area (Å²) in [5, 5.41) is 2.98. The summed E-state index contributed by atoms with van der Waals surface area (Å²) in [6, 6.07) is 17.8. The number of benzene rings is 2. The van der Waals surface area contributed by atoms with Crippen LogP contribution in [0.25, 0.3) is 0 Å². The Labute approximate surface area is 182 Å². The van der Waals surface area contributed by atoms with Gasteiger partial charge in [-0.25, -0.2) is 13.1 Å². The lowest BCUT2D eigenvalue weighted by Crippen LogP contribution is -2.38. The van der Waals surface area contributed by atoms with Crippen molar-refractivity contribution in [3.05, 3.63) is 83.8 Å². The smallest absolute Gasteiger partial charge is 0.241 e. The maximum absolute atomic E-state index is 13.4. The molecule has 162 valence electrons. The Bertz CT molecular complexity index is 1160. The monoisotopic (exact) mass is 438 g/mol. The molecule has 1 aliphatic rings. The second-order valence-electron chi connectivity index (χ2n) is 8.04. The Morgan fingerprint density at radius 3 is 2.52 bits per heavy atom. The predicted octanol–water partition coefficient (Wildman–Crippen LogP) is 4.52. The lowest BCUT2D eigenvalue weighted by Gasteiger charge is -2.28. The Morgan fingerprint density at radius 2 is 1.81 bits per heavy atom. The predicted molar refractivity (Wildman–Crippen MR) is 119 cm³/mol. The van der Waals surface area contributed by atoms with Gasteiger partial charge in [0.1, 0.15) is 5.76 Å². The molecular formula is C24H26N2O4S. The Balaban J connectivity index is 1.54. The van der Waals surface area contributed by atoms with Gasteiger partial charge in [-0.05, 0) is 55.7 Å². The van der Waals surface area contributed by atoms with Crippen LogP contribution in [0.1, 0.15) is 42.6 Å². The molecule has 1 aliphatic carbocycles. The third kappa shape index (κ3) is 4.57. The van der Waals surface area contributed by atoms with Crippen molar-refractivity contribution in [1.82, 2.24) is 4.72 Å². The zero-order chi connectivity index (χ0) is 21.9. The summed E-state index contributed by atoms with van der Waals surface area (Å²) in [6.07, 6.45) is 5.04. The van der Waals surface area contributed by atoms with Gasteiger partial charge in [0.05, 0.1) is 23.1 Å². The lowest BCUT2D eigenvalue weighted by molar-refractivity contribution is -0.121. The zero-order valence-electron chi connectivity index (χ0n) is 17.4. The number of rotatable bonds is 7. The molecule has 1 aromatic heterocycles. The van der Waals surface area contributed by atoms with Gasteiger partial charge in [-0.15, -0.1) is 0 Å². The van der Waals surface area contributed by atoms with E-state index in [1.807, 2.05) is 25.1 Å². The first kappa shape index (κ1) is 21.3. The maximum atomic E-state index is 13.4. The normalized spacial score (nSPS) is 15.6. The van der Waals surface area contributed by atoms with E-state index in [0.29, 0.717) is 11.4 Å². The SMILES string of the molecule is Cc1cccc(C2(C(=O)Nc3cccc(S(=O)(=O)NCc4ccco4)c3)CCCC2)c1. The number of amides is 1. The van der Waals surface area contributed by atoms with E-state index in [9.17, 15) is 13.2 Å². The molecule has 0 unspecified atom stereocenters. The average Bonchev–Trinajstić information content (AvgIpc) is 3.45. The number of anilines is 1. The Kier molecular flexibility index (Phi) is 5.98. The van der Waals surface area contributed by atoms with Crippen LogP contribution in [0.2, 0.25) is 0 Å². The summed E-state index contributed by atoms with van der Waals surface area (Å²) in [4.78, 5) is 13.5. The molecule has 2 aromatic carbocycles. The quantitative estimate of drug-likeness (QED) is 0.568. The van der Waals surface area contributed by atoms with E-state index in [0.717, 1.165) is 36.8 Å². The molecule has 3 aromatic rings. The summed E-state index contributed by atoms with van der Waals surface area (Å²) >= 11 is 0. The highest BCUT2D eigenvalue weighted by molar-refractivity contribution is 7.89. The number of furan rings is 1. The number of sulfonamides is 1. The molecule has 0 radical (unpaired) electrons. The molecule has 31 heavy (non-hydrogen) atoms. The van der Waals surface area contributed by atoms with Crippen LogP contribution in [0.15, 0.2) is 76.2 Å². The topological polar surface area (TPSA) is 88.4 Å². The van der Waals surface area contributed by atoms with E-state index >= 15 is 0 Å². The number of carbonyl (C=O) groups excluding carboxylic acids is 1. The standard InChI is InChI=1S/C24H26N2O4S/c1-18-7-4-8-19(15-18)24(12-2-3-13-24)23(27)26-20-9-5-11-22(16-20)31(28,29)25-17-21-10-6-14-30-21/h4-11,14-16,25H,2-3,12-13,17H2,1H3,(H,26,27). The van der Waals surface area contributed by atoms with Gasteiger partial charge in [-0.2, -0.15) is 0 Å².